The second kappa shape index (κ2) is 5.47. The number of aliphatic hydroxyl groups excluding tert-OH is 1. The van der Waals surface area contributed by atoms with E-state index in [9.17, 15) is 5.11 Å². The Morgan fingerprint density at radius 1 is 1.32 bits per heavy atom. The highest BCUT2D eigenvalue weighted by Gasteiger charge is 2.42. The number of aliphatic hydroxyl groups is 1. The van der Waals surface area contributed by atoms with Gasteiger partial charge in [0.05, 0.1) is 11.9 Å². The first-order chi connectivity index (χ1) is 10.7. The minimum Gasteiger partial charge on any atom is -0.512 e. The Kier molecular flexibility index (Phi) is 3.45. The third kappa shape index (κ3) is 2.34. The zero-order chi connectivity index (χ0) is 15.1. The Balaban J connectivity index is 1.70. The summed E-state index contributed by atoms with van der Waals surface area (Å²) in [5, 5.41) is 13.6. The molecule has 1 aromatic carbocycles. The minimum atomic E-state index is 0.191. The van der Waals surface area contributed by atoms with Gasteiger partial charge in [0.25, 0.3) is 0 Å². The minimum absolute atomic E-state index is 0.191. The molecule has 1 aromatic rings. The number of aryl methyl sites for hydroxylation is 1. The predicted octanol–water partition coefficient (Wildman–Crippen LogP) is 4.27. The van der Waals surface area contributed by atoms with Crippen LogP contribution in [0.3, 0.4) is 0 Å². The van der Waals surface area contributed by atoms with Crippen molar-refractivity contribution in [2.24, 2.45) is 11.8 Å². The van der Waals surface area contributed by atoms with Crippen LogP contribution < -0.4 is 5.32 Å². The van der Waals surface area contributed by atoms with Gasteiger partial charge < -0.3 is 15.2 Å². The lowest BCUT2D eigenvalue weighted by atomic mass is 9.73. The van der Waals surface area contributed by atoms with Crippen molar-refractivity contribution in [3.05, 3.63) is 53.3 Å². The van der Waals surface area contributed by atoms with E-state index in [1.807, 2.05) is 6.08 Å². The molecule has 4 rings (SSSR count). The van der Waals surface area contributed by atoms with Crippen molar-refractivity contribution in [3.63, 3.8) is 0 Å². The lowest BCUT2D eigenvalue weighted by Gasteiger charge is -2.46. The fourth-order valence-corrected chi connectivity index (χ4v) is 4.19. The summed E-state index contributed by atoms with van der Waals surface area (Å²) < 4.78 is 6.17. The van der Waals surface area contributed by atoms with E-state index in [0.717, 1.165) is 19.4 Å². The Labute approximate surface area is 131 Å². The molecule has 0 aromatic heterocycles. The number of fused-ring (bicyclic) bond motifs is 3. The van der Waals surface area contributed by atoms with Crippen molar-refractivity contribution in [3.8, 4) is 0 Å². The van der Waals surface area contributed by atoms with E-state index in [1.54, 1.807) is 6.08 Å². The van der Waals surface area contributed by atoms with Crippen LogP contribution in [0.25, 0.3) is 0 Å². The van der Waals surface area contributed by atoms with Gasteiger partial charge in [-0.2, -0.15) is 0 Å². The van der Waals surface area contributed by atoms with Gasteiger partial charge in [-0.3, -0.25) is 0 Å². The fourth-order valence-electron chi connectivity index (χ4n) is 4.19. The maximum atomic E-state index is 9.89. The summed E-state index contributed by atoms with van der Waals surface area (Å²) in [5.41, 5.74) is 3.78. The first-order valence-electron chi connectivity index (χ1n) is 8.27. The Hall–Kier alpha value is -1.74. The Morgan fingerprint density at radius 2 is 2.23 bits per heavy atom. The smallest absolute Gasteiger partial charge is 0.0929 e. The molecule has 4 atom stereocenters. The van der Waals surface area contributed by atoms with E-state index >= 15 is 0 Å². The maximum Gasteiger partial charge on any atom is 0.0929 e. The maximum absolute atomic E-state index is 9.89. The van der Waals surface area contributed by atoms with E-state index < -0.39 is 0 Å². The average molecular weight is 297 g/mol. The summed E-state index contributed by atoms with van der Waals surface area (Å²) in [6, 6.07) is 6.91. The summed E-state index contributed by atoms with van der Waals surface area (Å²) in [6.07, 6.45) is 9.22. The van der Waals surface area contributed by atoms with Crippen LogP contribution in [0.15, 0.2) is 42.2 Å². The lowest BCUT2D eigenvalue weighted by Crippen LogP contribution is -2.45. The summed E-state index contributed by atoms with van der Waals surface area (Å²) in [6.45, 7) is 2.99. The number of benzene rings is 1. The molecule has 1 unspecified atom stereocenters. The normalized spacial score (nSPS) is 33.4. The van der Waals surface area contributed by atoms with E-state index in [1.165, 1.54) is 23.2 Å². The Morgan fingerprint density at radius 3 is 3.09 bits per heavy atom. The molecule has 2 heterocycles. The first kappa shape index (κ1) is 13.9. The second-order valence-corrected chi connectivity index (χ2v) is 6.77. The molecular weight excluding hydrogens is 274 g/mol. The van der Waals surface area contributed by atoms with Crippen LogP contribution in [0.5, 0.6) is 0 Å². The van der Waals surface area contributed by atoms with Gasteiger partial charge in [0.1, 0.15) is 0 Å². The number of ether oxygens (including phenoxy) is 1. The number of anilines is 1. The zero-order valence-electron chi connectivity index (χ0n) is 13.0. The van der Waals surface area contributed by atoms with E-state index in [0.29, 0.717) is 23.6 Å². The molecule has 1 aliphatic carbocycles. The highest BCUT2D eigenvalue weighted by Crippen LogP contribution is 2.46. The number of hydrogen-bond acceptors (Lipinski definition) is 3. The van der Waals surface area contributed by atoms with Gasteiger partial charge in [0, 0.05) is 42.2 Å². The van der Waals surface area contributed by atoms with Gasteiger partial charge in [0.2, 0.25) is 0 Å². The number of rotatable bonds is 1. The highest BCUT2D eigenvalue weighted by atomic mass is 16.5. The molecule has 116 valence electrons. The molecule has 1 saturated heterocycles. The molecule has 3 aliphatic rings. The molecule has 3 nitrogen and oxygen atoms in total. The first-order valence-corrected chi connectivity index (χ1v) is 8.27. The highest BCUT2D eigenvalue weighted by molar-refractivity contribution is 5.57. The van der Waals surface area contributed by atoms with Gasteiger partial charge in [-0.05, 0) is 31.9 Å². The van der Waals surface area contributed by atoms with Crippen LogP contribution >= 0.6 is 0 Å². The quantitative estimate of drug-likeness (QED) is 0.813. The molecule has 0 saturated carbocycles. The zero-order valence-corrected chi connectivity index (χ0v) is 13.0. The van der Waals surface area contributed by atoms with E-state index in [-0.39, 0.29) is 6.10 Å². The standard InChI is InChI=1S/C19H23NO2/c1-12-7-8-17-16(10-12)19-15(6-3-9-22-19)18(20-17)13-4-2-5-14(21)11-13/h2,4-5,7-8,10,13,15,18-21H,3,6,9,11H2,1H3/t13?,15-,18-,19-/m0/s1. The number of nitrogens with one attached hydrogen (secondary N) is 1. The molecule has 0 amide bonds. The number of hydrogen-bond donors (Lipinski definition) is 2. The Bertz CT molecular complexity index is 634. The third-order valence-electron chi connectivity index (χ3n) is 5.22. The van der Waals surface area contributed by atoms with Crippen LogP contribution in [-0.4, -0.2) is 17.8 Å². The number of allylic oxidation sites excluding steroid dienone is 3. The summed E-state index contributed by atoms with van der Waals surface area (Å²) in [7, 11) is 0. The van der Waals surface area contributed by atoms with Gasteiger partial charge in [-0.25, -0.2) is 0 Å². The average Bonchev–Trinajstić information content (AvgIpc) is 2.54. The van der Waals surface area contributed by atoms with Crippen LogP contribution in [0.2, 0.25) is 0 Å². The van der Waals surface area contributed by atoms with Crippen LogP contribution in [0, 0.1) is 18.8 Å². The van der Waals surface area contributed by atoms with Crippen molar-refractivity contribution in [2.45, 2.75) is 38.3 Å². The SMILES string of the molecule is Cc1ccc2c(c1)[C@H]1OCCC[C@H]1[C@H](C1C=CC=C(O)C1)N2. The molecule has 3 heteroatoms. The molecule has 1 fully saturated rings. The van der Waals surface area contributed by atoms with Gasteiger partial charge in [0.15, 0.2) is 0 Å². The van der Waals surface area contributed by atoms with Crippen molar-refractivity contribution < 1.29 is 9.84 Å². The van der Waals surface area contributed by atoms with Crippen molar-refractivity contribution in [1.82, 2.24) is 0 Å². The van der Waals surface area contributed by atoms with Crippen molar-refractivity contribution in [2.75, 3.05) is 11.9 Å². The van der Waals surface area contributed by atoms with E-state index in [2.05, 4.69) is 36.5 Å². The molecule has 2 N–H and O–H groups in total. The molecular formula is C19H23NO2. The summed E-state index contributed by atoms with van der Waals surface area (Å²) in [5.74, 6) is 1.29. The van der Waals surface area contributed by atoms with Crippen molar-refractivity contribution >= 4 is 5.69 Å². The fraction of sp³-hybridized carbons (Fsp3) is 0.474. The van der Waals surface area contributed by atoms with E-state index in [4.69, 9.17) is 4.74 Å². The summed E-state index contributed by atoms with van der Waals surface area (Å²) >= 11 is 0. The molecule has 0 spiro atoms. The molecule has 2 aliphatic heterocycles. The van der Waals surface area contributed by atoms with Gasteiger partial charge >= 0.3 is 0 Å². The second-order valence-electron chi connectivity index (χ2n) is 6.77. The van der Waals surface area contributed by atoms with Gasteiger partial charge in [-0.15, -0.1) is 0 Å². The predicted molar refractivity (Wildman–Crippen MR) is 88.0 cm³/mol. The molecule has 0 bridgehead atoms. The van der Waals surface area contributed by atoms with Crippen LogP contribution in [0.1, 0.15) is 36.5 Å². The molecule has 0 radical (unpaired) electrons. The monoisotopic (exact) mass is 297 g/mol. The van der Waals surface area contributed by atoms with Crippen LogP contribution in [-0.2, 0) is 4.74 Å². The topological polar surface area (TPSA) is 41.5 Å². The van der Waals surface area contributed by atoms with Crippen molar-refractivity contribution in [1.29, 1.82) is 0 Å². The largest absolute Gasteiger partial charge is 0.512 e. The van der Waals surface area contributed by atoms with Gasteiger partial charge in [-0.1, -0.05) is 29.8 Å². The third-order valence-corrected chi connectivity index (χ3v) is 5.22. The molecule has 22 heavy (non-hydrogen) atoms. The summed E-state index contributed by atoms with van der Waals surface area (Å²) in [4.78, 5) is 0. The lowest BCUT2D eigenvalue weighted by molar-refractivity contribution is -0.0422. The van der Waals surface area contributed by atoms with Crippen LogP contribution in [0.4, 0.5) is 5.69 Å².